The number of anilines is 1. The number of nitrogens with one attached hydrogen (secondary N) is 3. The third kappa shape index (κ3) is 4.61. The fourth-order valence-electron chi connectivity index (χ4n) is 4.24. The highest BCUT2D eigenvalue weighted by Crippen LogP contribution is 2.39. The third-order valence-electron chi connectivity index (χ3n) is 6.33. The van der Waals surface area contributed by atoms with E-state index in [1.54, 1.807) is 6.07 Å². The molecule has 12 nitrogen and oxygen atoms in total. The van der Waals surface area contributed by atoms with Crippen LogP contribution in [0.4, 0.5) is 10.1 Å². The summed E-state index contributed by atoms with van der Waals surface area (Å²) in [7, 11) is -2.65. The van der Waals surface area contributed by atoms with E-state index < -0.39 is 15.8 Å². The van der Waals surface area contributed by atoms with E-state index in [0.717, 1.165) is 11.3 Å². The Bertz CT molecular complexity index is 1610. The van der Waals surface area contributed by atoms with Crippen LogP contribution in [-0.2, 0) is 23.1 Å². The van der Waals surface area contributed by atoms with Crippen LogP contribution in [0, 0.1) is 5.82 Å². The normalized spacial score (nSPS) is 15.5. The molecular weight excluding hydrogens is 501 g/mol. The Morgan fingerprint density at radius 1 is 1.19 bits per heavy atom. The Balaban J connectivity index is 1.19. The second-order valence-corrected chi connectivity index (χ2v) is 10.6. The van der Waals surface area contributed by atoms with E-state index >= 15 is 4.39 Å². The van der Waals surface area contributed by atoms with Gasteiger partial charge in [-0.15, -0.1) is 5.53 Å². The summed E-state index contributed by atoms with van der Waals surface area (Å²) >= 11 is 0. The Morgan fingerprint density at radius 2 is 2.05 bits per heavy atom. The highest BCUT2D eigenvalue weighted by atomic mass is 32.2. The number of nitrogens with zero attached hydrogens (tertiary/aromatic N) is 6. The van der Waals surface area contributed by atoms with E-state index in [1.807, 2.05) is 16.7 Å². The molecule has 0 bridgehead atoms. The topological polar surface area (TPSA) is 130 Å². The Hall–Kier alpha value is -4.01. The second kappa shape index (κ2) is 9.14. The average molecular weight is 526 g/mol. The molecule has 0 radical (unpaired) electrons. The zero-order chi connectivity index (χ0) is 25.6. The van der Waals surface area contributed by atoms with Gasteiger partial charge in [0.15, 0.2) is 11.6 Å². The van der Waals surface area contributed by atoms with Crippen molar-refractivity contribution in [1.29, 1.82) is 0 Å². The van der Waals surface area contributed by atoms with E-state index in [1.165, 1.54) is 60.0 Å². The largest absolute Gasteiger partial charge is 0.494 e. The molecule has 1 saturated carbocycles. The van der Waals surface area contributed by atoms with E-state index in [0.29, 0.717) is 18.2 Å². The van der Waals surface area contributed by atoms with Crippen LogP contribution in [0.5, 0.6) is 5.75 Å². The van der Waals surface area contributed by atoms with Gasteiger partial charge in [0, 0.05) is 30.7 Å². The quantitative estimate of drug-likeness (QED) is 0.302. The highest BCUT2D eigenvalue weighted by molar-refractivity contribution is 7.89. The predicted octanol–water partition coefficient (Wildman–Crippen LogP) is 1.86. The van der Waals surface area contributed by atoms with Crippen LogP contribution in [-0.4, -0.2) is 41.0 Å². The zero-order valence-electron chi connectivity index (χ0n) is 19.8. The van der Waals surface area contributed by atoms with Crippen molar-refractivity contribution in [3.05, 3.63) is 71.7 Å². The molecule has 3 aromatic heterocycles. The molecule has 0 atom stereocenters. The summed E-state index contributed by atoms with van der Waals surface area (Å²) in [6.07, 6.45) is 10.5. The maximum absolute atomic E-state index is 15.1. The maximum Gasteiger partial charge on any atom is 0.243 e. The fraction of sp³-hybridized carbons (Fsp3) is 0.261. The molecule has 14 heteroatoms. The zero-order valence-corrected chi connectivity index (χ0v) is 20.6. The van der Waals surface area contributed by atoms with Gasteiger partial charge < -0.3 is 9.14 Å². The minimum Gasteiger partial charge on any atom is -0.494 e. The molecule has 1 aromatic carbocycles. The molecule has 2 aliphatic rings. The molecule has 3 N–H and O–H groups in total. The van der Waals surface area contributed by atoms with Crippen LogP contribution in [0.2, 0.25) is 0 Å². The number of hydrazine groups is 2. The average Bonchev–Trinajstić information content (AvgIpc) is 3.24. The van der Waals surface area contributed by atoms with Crippen LogP contribution in [0.3, 0.4) is 0 Å². The fourth-order valence-corrected chi connectivity index (χ4v) is 5.19. The van der Waals surface area contributed by atoms with E-state index in [4.69, 9.17) is 4.74 Å². The van der Waals surface area contributed by atoms with Gasteiger partial charge in [0.1, 0.15) is 16.9 Å². The highest BCUT2D eigenvalue weighted by Gasteiger charge is 2.25. The first-order chi connectivity index (χ1) is 17.9. The van der Waals surface area contributed by atoms with Crippen molar-refractivity contribution >= 4 is 27.7 Å². The number of hydrogen-bond donors (Lipinski definition) is 3. The first-order valence-corrected chi connectivity index (χ1v) is 13.1. The van der Waals surface area contributed by atoms with Gasteiger partial charge in [0.2, 0.25) is 10.0 Å². The summed E-state index contributed by atoms with van der Waals surface area (Å²) in [6.45, 7) is -0.0226. The van der Waals surface area contributed by atoms with Gasteiger partial charge in [-0.2, -0.15) is 10.2 Å². The summed E-state index contributed by atoms with van der Waals surface area (Å²) < 4.78 is 52.1. The maximum atomic E-state index is 15.1. The van der Waals surface area contributed by atoms with Gasteiger partial charge in [-0.3, -0.25) is 4.68 Å². The summed E-state index contributed by atoms with van der Waals surface area (Å²) in [4.78, 5) is 4.56. The van der Waals surface area contributed by atoms with Crippen molar-refractivity contribution in [1.82, 2.24) is 35.0 Å². The minimum atomic E-state index is -3.99. The number of fused-ring (bicyclic) bond motifs is 1. The molecule has 4 heterocycles. The Kier molecular flexibility index (Phi) is 5.78. The molecule has 0 saturated heterocycles. The van der Waals surface area contributed by atoms with E-state index in [2.05, 4.69) is 43.2 Å². The molecule has 0 amide bonds. The number of hydrogen-bond acceptors (Lipinski definition) is 9. The van der Waals surface area contributed by atoms with Crippen molar-refractivity contribution in [3.63, 3.8) is 0 Å². The lowest BCUT2D eigenvalue weighted by atomic mass is 10.1. The van der Waals surface area contributed by atoms with Crippen LogP contribution in [0.15, 0.2) is 59.0 Å². The first-order valence-electron chi connectivity index (χ1n) is 11.6. The molecule has 1 aliphatic heterocycles. The van der Waals surface area contributed by atoms with Crippen molar-refractivity contribution in [2.75, 3.05) is 12.1 Å². The lowest BCUT2D eigenvalue weighted by Gasteiger charge is -2.19. The monoisotopic (exact) mass is 525 g/mol. The second-order valence-electron chi connectivity index (χ2n) is 8.85. The molecular formula is C23H24FN9O3S. The Labute approximate surface area is 211 Å². The van der Waals surface area contributed by atoms with Gasteiger partial charge in [0.05, 0.1) is 31.2 Å². The molecule has 6 rings (SSSR count). The predicted molar refractivity (Wildman–Crippen MR) is 133 cm³/mol. The number of sulfonamides is 1. The molecule has 1 fully saturated rings. The number of rotatable bonds is 9. The number of pyridine rings is 1. The number of ether oxygens (including phenoxy) is 1. The van der Waals surface area contributed by atoms with Crippen molar-refractivity contribution < 1.29 is 17.5 Å². The minimum absolute atomic E-state index is 0.00781. The molecule has 1 aliphatic carbocycles. The summed E-state index contributed by atoms with van der Waals surface area (Å²) in [5.74, 6) is -0.0525. The van der Waals surface area contributed by atoms with Crippen molar-refractivity contribution in [3.8, 4) is 5.75 Å². The molecule has 0 unspecified atom stereocenters. The van der Waals surface area contributed by atoms with Gasteiger partial charge >= 0.3 is 0 Å². The van der Waals surface area contributed by atoms with Crippen molar-refractivity contribution in [2.45, 2.75) is 36.7 Å². The number of halogens is 1. The smallest absolute Gasteiger partial charge is 0.243 e. The third-order valence-corrected chi connectivity index (χ3v) is 7.68. The number of hydrazone groups is 1. The van der Waals surface area contributed by atoms with Crippen LogP contribution in [0.1, 0.15) is 35.6 Å². The van der Waals surface area contributed by atoms with Crippen LogP contribution >= 0.6 is 0 Å². The van der Waals surface area contributed by atoms with Gasteiger partial charge in [-0.1, -0.05) is 6.07 Å². The lowest BCUT2D eigenvalue weighted by molar-refractivity contribution is 0.384. The molecule has 4 aromatic rings. The number of imidazole rings is 1. The van der Waals surface area contributed by atoms with Crippen molar-refractivity contribution in [2.24, 2.45) is 5.10 Å². The Morgan fingerprint density at radius 3 is 2.81 bits per heavy atom. The van der Waals surface area contributed by atoms with Gasteiger partial charge in [-0.25, -0.2) is 33.1 Å². The number of benzene rings is 1. The standard InChI is InChI=1S/C23H24FN9O3S/c1-36-21-6-5-20(33-14-25-29-30-33)19(23(21)24)9-27-37(34,35)18-8-26-32(13-18)12-17-11-31-10-16(15-2-3-15)4-7-22(31)28-17/h4-8,10-11,13-15,27,29-30H,2-3,9,12H2,1H3. The van der Waals surface area contributed by atoms with Crippen LogP contribution in [0.25, 0.3) is 5.65 Å². The van der Waals surface area contributed by atoms with Gasteiger partial charge in [0.25, 0.3) is 0 Å². The molecule has 0 spiro atoms. The summed E-state index contributed by atoms with van der Waals surface area (Å²) in [6, 6.07) is 7.14. The first kappa shape index (κ1) is 23.4. The van der Waals surface area contributed by atoms with Gasteiger partial charge in [-0.05, 0) is 42.5 Å². The molecule has 37 heavy (non-hydrogen) atoms. The van der Waals surface area contributed by atoms with E-state index in [9.17, 15) is 8.42 Å². The summed E-state index contributed by atoms with van der Waals surface area (Å²) in [5, 5.41) is 9.42. The molecule has 192 valence electrons. The summed E-state index contributed by atoms with van der Waals surface area (Å²) in [5.41, 5.74) is 8.55. The number of methoxy groups -OCH3 is 1. The van der Waals surface area contributed by atoms with Crippen LogP contribution < -0.4 is 25.5 Å². The number of aromatic nitrogens is 4. The SMILES string of the molecule is COc1ccc(N2C=NNN2)c(CNS(=O)(=O)c2cnn(Cc3cn4cc(C5CC5)ccc4n3)c2)c1F. The van der Waals surface area contributed by atoms with E-state index in [-0.39, 0.29) is 22.8 Å². The lowest BCUT2D eigenvalue weighted by Crippen LogP contribution is -2.38.